The van der Waals surface area contributed by atoms with Crippen LogP contribution in [-0.2, 0) is 14.1 Å². The highest BCUT2D eigenvalue weighted by molar-refractivity contribution is 6.10. The van der Waals surface area contributed by atoms with E-state index in [9.17, 15) is 24.5 Å². The van der Waals surface area contributed by atoms with Crippen LogP contribution < -0.4 is 26.0 Å². The molecule has 156 valence electrons. The van der Waals surface area contributed by atoms with Crippen LogP contribution in [0.2, 0.25) is 0 Å². The lowest BCUT2D eigenvalue weighted by Gasteiger charge is -2.13. The third kappa shape index (κ3) is 3.23. The van der Waals surface area contributed by atoms with Gasteiger partial charge in [0.2, 0.25) is 0 Å². The molecule has 0 saturated carbocycles. The summed E-state index contributed by atoms with van der Waals surface area (Å²) < 4.78 is 12.2. The summed E-state index contributed by atoms with van der Waals surface area (Å²) in [7, 11) is 5.36. The number of pyridine rings is 1. The Morgan fingerprint density at radius 1 is 1.13 bits per heavy atom. The molecule has 0 fully saturated rings. The summed E-state index contributed by atoms with van der Waals surface area (Å²) in [5.41, 5.74) is -1.96. The fourth-order valence-electron chi connectivity index (χ4n) is 2.98. The van der Waals surface area contributed by atoms with E-state index in [-0.39, 0.29) is 33.8 Å². The van der Waals surface area contributed by atoms with Gasteiger partial charge in [-0.3, -0.25) is 28.8 Å². The van der Waals surface area contributed by atoms with E-state index in [0.29, 0.717) is 0 Å². The monoisotopic (exact) mass is 415 g/mol. The maximum atomic E-state index is 12.9. The van der Waals surface area contributed by atoms with E-state index < -0.39 is 27.8 Å². The average molecular weight is 415 g/mol. The fourth-order valence-corrected chi connectivity index (χ4v) is 2.98. The van der Waals surface area contributed by atoms with Crippen molar-refractivity contribution in [2.75, 3.05) is 19.5 Å². The second-order valence-corrected chi connectivity index (χ2v) is 6.20. The second-order valence-electron chi connectivity index (χ2n) is 6.20. The summed E-state index contributed by atoms with van der Waals surface area (Å²) >= 11 is 0. The third-order valence-electron chi connectivity index (χ3n) is 4.53. The lowest BCUT2D eigenvalue weighted by molar-refractivity contribution is -0.385. The quantitative estimate of drug-likeness (QED) is 0.475. The summed E-state index contributed by atoms with van der Waals surface area (Å²) in [5, 5.41) is 13.9. The van der Waals surface area contributed by atoms with Crippen LogP contribution in [0, 0.1) is 10.1 Å². The van der Waals surface area contributed by atoms with Crippen LogP contribution in [0.15, 0.2) is 34.0 Å². The van der Waals surface area contributed by atoms with Gasteiger partial charge in [-0.05, 0) is 6.07 Å². The lowest BCUT2D eigenvalue weighted by Crippen LogP contribution is -2.37. The van der Waals surface area contributed by atoms with Gasteiger partial charge < -0.3 is 14.8 Å². The molecule has 0 unspecified atom stereocenters. The number of nitro groups is 1. The molecule has 30 heavy (non-hydrogen) atoms. The van der Waals surface area contributed by atoms with Crippen LogP contribution in [-0.4, -0.2) is 39.2 Å². The lowest BCUT2D eigenvalue weighted by atomic mass is 10.1. The molecular formula is C18H17N5O7. The number of nitrogens with one attached hydrogen (secondary N) is 1. The number of methoxy groups -OCH3 is 2. The number of aryl methyl sites for hydroxylation is 1. The number of nitro benzene ring substituents is 1. The number of aromatic nitrogens is 3. The molecular weight excluding hydrogens is 398 g/mol. The minimum Gasteiger partial charge on any atom is -0.493 e. The molecule has 0 atom stereocenters. The van der Waals surface area contributed by atoms with Gasteiger partial charge >= 0.3 is 5.69 Å². The summed E-state index contributed by atoms with van der Waals surface area (Å²) in [6.07, 6.45) is 1.31. The summed E-state index contributed by atoms with van der Waals surface area (Å²) in [4.78, 5) is 52.4. The van der Waals surface area contributed by atoms with Crippen molar-refractivity contribution in [3.05, 3.63) is 60.9 Å². The number of ether oxygens (including phenoxy) is 2. The summed E-state index contributed by atoms with van der Waals surface area (Å²) in [6, 6.07) is 3.60. The Kier molecular flexibility index (Phi) is 5.24. The van der Waals surface area contributed by atoms with Gasteiger partial charge in [0.15, 0.2) is 17.1 Å². The van der Waals surface area contributed by atoms with E-state index in [4.69, 9.17) is 9.47 Å². The van der Waals surface area contributed by atoms with E-state index in [0.717, 1.165) is 15.2 Å². The first-order chi connectivity index (χ1) is 14.2. The third-order valence-corrected chi connectivity index (χ3v) is 4.53. The molecule has 2 heterocycles. The molecule has 0 radical (unpaired) electrons. The van der Waals surface area contributed by atoms with Gasteiger partial charge in [0.05, 0.1) is 30.9 Å². The van der Waals surface area contributed by atoms with Crippen molar-refractivity contribution in [1.29, 1.82) is 0 Å². The van der Waals surface area contributed by atoms with Gasteiger partial charge in [0.1, 0.15) is 10.9 Å². The average Bonchev–Trinajstić information content (AvgIpc) is 2.74. The van der Waals surface area contributed by atoms with Crippen molar-refractivity contribution in [2.24, 2.45) is 14.1 Å². The maximum Gasteiger partial charge on any atom is 0.332 e. The zero-order valence-corrected chi connectivity index (χ0v) is 16.5. The van der Waals surface area contributed by atoms with Crippen molar-refractivity contribution in [1.82, 2.24) is 14.1 Å². The number of hydrogen-bond acceptors (Lipinski definition) is 8. The molecule has 1 amide bonds. The highest BCUT2D eigenvalue weighted by Gasteiger charge is 2.25. The van der Waals surface area contributed by atoms with E-state index in [1.165, 1.54) is 46.6 Å². The maximum absolute atomic E-state index is 12.9. The number of amides is 1. The van der Waals surface area contributed by atoms with E-state index >= 15 is 0 Å². The van der Waals surface area contributed by atoms with Crippen LogP contribution in [0.5, 0.6) is 11.5 Å². The van der Waals surface area contributed by atoms with Gasteiger partial charge in [-0.15, -0.1) is 0 Å². The van der Waals surface area contributed by atoms with E-state index in [1.807, 2.05) is 0 Å². The van der Waals surface area contributed by atoms with Crippen molar-refractivity contribution < 1.29 is 19.2 Å². The Bertz CT molecular complexity index is 1310. The van der Waals surface area contributed by atoms with Crippen LogP contribution in [0.25, 0.3) is 11.0 Å². The molecule has 0 aliphatic carbocycles. The predicted molar refractivity (Wildman–Crippen MR) is 106 cm³/mol. The largest absolute Gasteiger partial charge is 0.493 e. The molecule has 1 aromatic carbocycles. The standard InChI is InChI=1S/C18H17N5O7/c1-21-15-14(17(25)22(2)18(21)26)10(5-6-19-15)20-16(24)9-7-12(29-3)13(30-4)8-11(9)23(27)28/h5-8H,1-4H3,(H,19,20,24). The summed E-state index contributed by atoms with van der Waals surface area (Å²) in [6.45, 7) is 0. The number of anilines is 1. The van der Waals surface area contributed by atoms with Gasteiger partial charge in [-0.2, -0.15) is 0 Å². The first kappa shape index (κ1) is 20.5. The van der Waals surface area contributed by atoms with Crippen LogP contribution in [0.4, 0.5) is 11.4 Å². The predicted octanol–water partition coefficient (Wildman–Crippen LogP) is 0.810. The molecule has 0 spiro atoms. The highest BCUT2D eigenvalue weighted by Crippen LogP contribution is 2.35. The molecule has 0 aliphatic heterocycles. The number of fused-ring (bicyclic) bond motifs is 1. The Hall–Kier alpha value is -4.22. The molecule has 12 heteroatoms. The molecule has 0 bridgehead atoms. The molecule has 1 N–H and O–H groups in total. The Balaban J connectivity index is 2.18. The number of hydrogen-bond donors (Lipinski definition) is 1. The normalized spacial score (nSPS) is 10.7. The van der Waals surface area contributed by atoms with Crippen LogP contribution in [0.3, 0.4) is 0 Å². The molecule has 0 aliphatic rings. The van der Waals surface area contributed by atoms with Crippen molar-refractivity contribution in [3.63, 3.8) is 0 Å². The minimum absolute atomic E-state index is 0.0152. The number of carbonyl (C=O) groups is 1. The minimum atomic E-state index is -0.856. The SMILES string of the molecule is COc1cc(C(=O)Nc2ccnc3c2c(=O)n(C)c(=O)n3C)c([N+](=O)[O-])cc1OC. The van der Waals surface area contributed by atoms with Gasteiger partial charge in [0, 0.05) is 26.4 Å². The highest BCUT2D eigenvalue weighted by atomic mass is 16.6. The van der Waals surface area contributed by atoms with Crippen molar-refractivity contribution in [3.8, 4) is 11.5 Å². The van der Waals surface area contributed by atoms with E-state index in [1.54, 1.807) is 0 Å². The number of rotatable bonds is 5. The molecule has 12 nitrogen and oxygen atoms in total. The molecule has 3 rings (SSSR count). The van der Waals surface area contributed by atoms with Gasteiger partial charge in [-0.1, -0.05) is 0 Å². The zero-order valence-electron chi connectivity index (χ0n) is 16.5. The smallest absolute Gasteiger partial charge is 0.332 e. The molecule has 3 aromatic rings. The van der Waals surface area contributed by atoms with Crippen LogP contribution in [0.1, 0.15) is 10.4 Å². The number of nitrogens with zero attached hydrogens (tertiary/aromatic N) is 4. The molecule has 0 saturated heterocycles. The zero-order chi connectivity index (χ0) is 22.2. The molecule has 2 aromatic heterocycles. The van der Waals surface area contributed by atoms with E-state index in [2.05, 4.69) is 10.3 Å². The Morgan fingerprint density at radius 2 is 1.77 bits per heavy atom. The van der Waals surface area contributed by atoms with Crippen LogP contribution >= 0.6 is 0 Å². The fraction of sp³-hybridized carbons (Fsp3) is 0.222. The topological polar surface area (TPSA) is 148 Å². The van der Waals surface area contributed by atoms with Gasteiger partial charge in [0.25, 0.3) is 17.2 Å². The first-order valence-electron chi connectivity index (χ1n) is 8.47. The number of carbonyl (C=O) groups excluding carboxylic acids is 1. The Morgan fingerprint density at radius 3 is 2.37 bits per heavy atom. The van der Waals surface area contributed by atoms with Gasteiger partial charge in [-0.25, -0.2) is 9.78 Å². The first-order valence-corrected chi connectivity index (χ1v) is 8.47. The second kappa shape index (κ2) is 7.66. The van der Waals surface area contributed by atoms with Crippen molar-refractivity contribution >= 4 is 28.3 Å². The number of benzene rings is 1. The van der Waals surface area contributed by atoms with Crippen molar-refractivity contribution in [2.45, 2.75) is 0 Å². The summed E-state index contributed by atoms with van der Waals surface area (Å²) in [5.74, 6) is -0.656. The Labute approximate surface area is 168 Å².